The van der Waals surface area contributed by atoms with Crippen LogP contribution in [0.4, 0.5) is 10.1 Å². The Morgan fingerprint density at radius 1 is 1.08 bits per heavy atom. The number of aromatic nitrogens is 1. The van der Waals surface area contributed by atoms with Crippen LogP contribution in [-0.2, 0) is 0 Å². The van der Waals surface area contributed by atoms with Crippen LogP contribution < -0.4 is 4.90 Å². The highest BCUT2D eigenvalue weighted by molar-refractivity contribution is 5.85. The number of rotatable bonds is 3. The molecule has 136 valence electrons. The third-order valence-electron chi connectivity index (χ3n) is 5.60. The molecule has 1 aliphatic heterocycles. The summed E-state index contributed by atoms with van der Waals surface area (Å²) in [5, 5.41) is 0.682. The van der Waals surface area contributed by atoms with Crippen LogP contribution in [0.15, 0.2) is 48.7 Å². The second kappa shape index (κ2) is 6.76. The highest BCUT2D eigenvalue weighted by atomic mass is 19.1. The summed E-state index contributed by atoms with van der Waals surface area (Å²) in [6, 6.07) is 14.5. The fourth-order valence-electron chi connectivity index (χ4n) is 4.06. The molecule has 26 heavy (non-hydrogen) atoms. The molecule has 3 aromatic rings. The number of anilines is 1. The molecule has 1 fully saturated rings. The van der Waals surface area contributed by atoms with E-state index in [-0.39, 0.29) is 5.82 Å². The third kappa shape index (κ3) is 2.99. The van der Waals surface area contributed by atoms with Crippen molar-refractivity contribution in [1.82, 2.24) is 9.47 Å². The molecule has 0 radical (unpaired) electrons. The van der Waals surface area contributed by atoms with Crippen molar-refractivity contribution < 1.29 is 4.39 Å². The Kier molecular flexibility index (Phi) is 4.45. The first-order valence-electron chi connectivity index (χ1n) is 9.32. The van der Waals surface area contributed by atoms with Gasteiger partial charge < -0.3 is 14.4 Å². The van der Waals surface area contributed by atoms with Gasteiger partial charge in [0, 0.05) is 42.1 Å². The molecule has 1 saturated heterocycles. The number of likely N-dealkylation sites (N-methyl/N-ethyl adjacent to an activating group) is 1. The summed E-state index contributed by atoms with van der Waals surface area (Å²) in [6.07, 6.45) is 4.44. The zero-order valence-corrected chi connectivity index (χ0v) is 15.7. The molecule has 0 bridgehead atoms. The van der Waals surface area contributed by atoms with E-state index in [1.54, 1.807) is 6.07 Å². The quantitative estimate of drug-likeness (QED) is 0.683. The topological polar surface area (TPSA) is 11.4 Å². The van der Waals surface area contributed by atoms with Crippen LogP contribution in [0.1, 0.15) is 18.4 Å². The molecular formula is C22H26FN3. The van der Waals surface area contributed by atoms with E-state index in [0.29, 0.717) is 11.4 Å². The van der Waals surface area contributed by atoms with E-state index in [1.807, 2.05) is 25.3 Å². The van der Waals surface area contributed by atoms with Crippen molar-refractivity contribution in [2.24, 2.45) is 0 Å². The lowest BCUT2D eigenvalue weighted by molar-refractivity contribution is 0.258. The molecule has 4 heteroatoms. The van der Waals surface area contributed by atoms with Crippen molar-refractivity contribution in [3.63, 3.8) is 0 Å². The first kappa shape index (κ1) is 17.1. The maximum absolute atomic E-state index is 14.2. The van der Waals surface area contributed by atoms with Gasteiger partial charge in [-0.25, -0.2) is 4.39 Å². The van der Waals surface area contributed by atoms with E-state index in [1.165, 1.54) is 18.5 Å². The number of halogens is 1. The van der Waals surface area contributed by atoms with Gasteiger partial charge in [0.25, 0.3) is 0 Å². The minimum absolute atomic E-state index is 0.162. The molecule has 1 atom stereocenters. The van der Waals surface area contributed by atoms with Gasteiger partial charge in [-0.05, 0) is 69.8 Å². The van der Waals surface area contributed by atoms with E-state index in [0.717, 1.165) is 29.9 Å². The first-order chi connectivity index (χ1) is 12.5. The van der Waals surface area contributed by atoms with E-state index >= 15 is 0 Å². The number of benzene rings is 2. The van der Waals surface area contributed by atoms with Crippen LogP contribution in [0.5, 0.6) is 0 Å². The molecule has 4 rings (SSSR count). The minimum Gasteiger partial charge on any atom is -0.370 e. The maximum atomic E-state index is 14.2. The van der Waals surface area contributed by atoms with Gasteiger partial charge in [0.15, 0.2) is 0 Å². The van der Waals surface area contributed by atoms with Gasteiger partial charge in [-0.3, -0.25) is 0 Å². The largest absolute Gasteiger partial charge is 0.370 e. The van der Waals surface area contributed by atoms with Gasteiger partial charge in [-0.15, -0.1) is 0 Å². The Labute approximate surface area is 154 Å². The van der Waals surface area contributed by atoms with Gasteiger partial charge in [-0.2, -0.15) is 0 Å². The summed E-state index contributed by atoms with van der Waals surface area (Å²) in [5.41, 5.74) is 4.36. The van der Waals surface area contributed by atoms with Crippen LogP contribution in [0.2, 0.25) is 0 Å². The molecule has 0 spiro atoms. The smallest absolute Gasteiger partial charge is 0.132 e. The second-order valence-electron chi connectivity index (χ2n) is 7.54. The average Bonchev–Trinajstić information content (AvgIpc) is 3.11. The lowest BCUT2D eigenvalue weighted by atomic mass is 10.0. The predicted molar refractivity (Wildman–Crippen MR) is 107 cm³/mol. The summed E-state index contributed by atoms with van der Waals surface area (Å²) in [7, 11) is 4.32. The van der Waals surface area contributed by atoms with Crippen LogP contribution in [0.3, 0.4) is 0 Å². The van der Waals surface area contributed by atoms with Gasteiger partial charge in [0.05, 0.1) is 5.52 Å². The Morgan fingerprint density at radius 2 is 1.88 bits per heavy atom. The zero-order chi connectivity index (χ0) is 18.3. The highest BCUT2D eigenvalue weighted by Crippen LogP contribution is 2.29. The van der Waals surface area contributed by atoms with Crippen molar-refractivity contribution in [1.29, 1.82) is 0 Å². The minimum atomic E-state index is -0.162. The molecule has 0 amide bonds. The van der Waals surface area contributed by atoms with Crippen molar-refractivity contribution in [3.8, 4) is 5.69 Å². The fraction of sp³-hybridized carbons (Fsp3) is 0.364. The number of fused-ring (bicyclic) bond motifs is 1. The third-order valence-corrected chi connectivity index (χ3v) is 5.60. The summed E-state index contributed by atoms with van der Waals surface area (Å²) >= 11 is 0. The van der Waals surface area contributed by atoms with Crippen LogP contribution in [0.25, 0.3) is 16.6 Å². The fourth-order valence-corrected chi connectivity index (χ4v) is 4.06. The molecule has 2 aromatic carbocycles. The van der Waals surface area contributed by atoms with E-state index < -0.39 is 0 Å². The molecule has 2 heterocycles. The van der Waals surface area contributed by atoms with E-state index in [4.69, 9.17) is 0 Å². The molecule has 1 aliphatic rings. The molecule has 1 aromatic heterocycles. The average molecular weight is 351 g/mol. The van der Waals surface area contributed by atoms with Crippen molar-refractivity contribution >= 4 is 16.6 Å². The summed E-state index contributed by atoms with van der Waals surface area (Å²) in [5.74, 6) is -0.162. The normalized spacial score (nSPS) is 18.0. The number of nitrogens with zero attached hydrogens (tertiary/aromatic N) is 3. The summed E-state index contributed by atoms with van der Waals surface area (Å²) in [4.78, 5) is 4.79. The van der Waals surface area contributed by atoms with Gasteiger partial charge in [0.2, 0.25) is 0 Å². The monoisotopic (exact) mass is 351 g/mol. The van der Waals surface area contributed by atoms with Crippen LogP contribution >= 0.6 is 0 Å². The van der Waals surface area contributed by atoms with Crippen molar-refractivity contribution in [3.05, 3.63) is 60.0 Å². The SMILES string of the molecule is Cc1ccc(F)c2ccn(-c3cccc(N4CCCC(N(C)C)C4)c3)c12. The number of aryl methyl sites for hydroxylation is 1. The number of hydrogen-bond acceptors (Lipinski definition) is 2. The van der Waals surface area contributed by atoms with Crippen LogP contribution in [-0.4, -0.2) is 42.7 Å². The molecule has 0 aliphatic carbocycles. The molecular weight excluding hydrogens is 325 g/mol. The predicted octanol–water partition coefficient (Wildman–Crippen LogP) is 4.61. The second-order valence-corrected chi connectivity index (χ2v) is 7.54. The molecule has 0 saturated carbocycles. The standard InChI is InChI=1S/C22H26FN3/c1-16-9-10-21(23)20-11-13-26(22(16)20)18-7-4-6-17(14-18)25-12-5-8-19(15-25)24(2)3/h4,6-7,9-11,13-14,19H,5,8,12,15H2,1-3H3. The van der Waals surface area contributed by atoms with Crippen molar-refractivity contribution in [2.75, 3.05) is 32.1 Å². The Morgan fingerprint density at radius 3 is 2.69 bits per heavy atom. The van der Waals surface area contributed by atoms with E-state index in [2.05, 4.69) is 52.7 Å². The van der Waals surface area contributed by atoms with Gasteiger partial charge in [0.1, 0.15) is 5.82 Å². The number of piperidine rings is 1. The molecule has 0 N–H and O–H groups in total. The Balaban J connectivity index is 1.72. The lowest BCUT2D eigenvalue weighted by Gasteiger charge is -2.37. The van der Waals surface area contributed by atoms with Gasteiger partial charge in [-0.1, -0.05) is 12.1 Å². The zero-order valence-electron chi connectivity index (χ0n) is 15.7. The highest BCUT2D eigenvalue weighted by Gasteiger charge is 2.22. The molecule has 1 unspecified atom stereocenters. The maximum Gasteiger partial charge on any atom is 0.132 e. The first-order valence-corrected chi connectivity index (χ1v) is 9.32. The van der Waals surface area contributed by atoms with Gasteiger partial charge >= 0.3 is 0 Å². The Hall–Kier alpha value is -2.33. The molecule has 3 nitrogen and oxygen atoms in total. The number of hydrogen-bond donors (Lipinski definition) is 0. The van der Waals surface area contributed by atoms with E-state index in [9.17, 15) is 4.39 Å². The summed E-state index contributed by atoms with van der Waals surface area (Å²) < 4.78 is 16.3. The lowest BCUT2D eigenvalue weighted by Crippen LogP contribution is -2.45. The van der Waals surface area contributed by atoms with Crippen LogP contribution in [0, 0.1) is 12.7 Å². The van der Waals surface area contributed by atoms with Crippen molar-refractivity contribution in [2.45, 2.75) is 25.8 Å². The summed E-state index contributed by atoms with van der Waals surface area (Å²) in [6.45, 7) is 4.18. The Bertz CT molecular complexity index is 928.